The lowest BCUT2D eigenvalue weighted by Crippen LogP contribution is -2.23. The van der Waals surface area contributed by atoms with Crippen molar-refractivity contribution in [3.05, 3.63) is 60.4 Å². The molecule has 29 heavy (non-hydrogen) atoms. The van der Waals surface area contributed by atoms with Crippen LogP contribution in [0.4, 0.5) is 5.69 Å². The molecule has 2 unspecified atom stereocenters. The summed E-state index contributed by atoms with van der Waals surface area (Å²) in [4.78, 5) is 12.9. The van der Waals surface area contributed by atoms with Gasteiger partial charge < -0.3 is 10.1 Å². The molecule has 2 aromatic carbocycles. The van der Waals surface area contributed by atoms with Crippen LogP contribution in [0, 0.1) is 0 Å². The number of thioether (sulfide) groups is 1. The summed E-state index contributed by atoms with van der Waals surface area (Å²) in [5.74, 6) is 1.03. The first kappa shape index (κ1) is 20.9. The van der Waals surface area contributed by atoms with Gasteiger partial charge in [0.15, 0.2) is 5.16 Å². The van der Waals surface area contributed by atoms with Gasteiger partial charge in [0.25, 0.3) is 0 Å². The maximum absolute atomic E-state index is 12.9. The average Bonchev–Trinajstić information content (AvgIpc) is 3.21. The second kappa shape index (κ2) is 9.60. The molecule has 1 heterocycles. The van der Waals surface area contributed by atoms with Crippen LogP contribution in [-0.2, 0) is 4.79 Å². The average molecular weight is 411 g/mol. The Bertz CT molecular complexity index is 973. The number of nitrogens with zero attached hydrogens (tertiary/aromatic N) is 3. The molecule has 0 fully saturated rings. The Kier molecular flexibility index (Phi) is 6.93. The number of aromatic nitrogens is 3. The molecule has 0 spiro atoms. The fourth-order valence-electron chi connectivity index (χ4n) is 3.01. The Morgan fingerprint density at radius 2 is 1.90 bits per heavy atom. The summed E-state index contributed by atoms with van der Waals surface area (Å²) in [7, 11) is 1.63. The van der Waals surface area contributed by atoms with E-state index in [0.29, 0.717) is 16.8 Å². The van der Waals surface area contributed by atoms with E-state index in [1.165, 1.54) is 11.8 Å². The fraction of sp³-hybridized carbons (Fsp3) is 0.318. The van der Waals surface area contributed by atoms with Gasteiger partial charge in [-0.3, -0.25) is 9.36 Å². The zero-order valence-electron chi connectivity index (χ0n) is 17.1. The molecule has 0 aliphatic rings. The minimum Gasteiger partial charge on any atom is -0.495 e. The number of carbonyl (C=O) groups excluding carboxylic acids is 1. The number of rotatable bonds is 8. The van der Waals surface area contributed by atoms with Crippen molar-refractivity contribution in [2.45, 2.75) is 43.5 Å². The van der Waals surface area contributed by atoms with Crippen LogP contribution in [0.2, 0.25) is 0 Å². The van der Waals surface area contributed by atoms with Gasteiger partial charge in [-0.1, -0.05) is 55.9 Å². The smallest absolute Gasteiger partial charge is 0.237 e. The Labute approximate surface area is 175 Å². The topological polar surface area (TPSA) is 69.0 Å². The number of nitrogens with one attached hydrogen (secondary N) is 1. The summed E-state index contributed by atoms with van der Waals surface area (Å²) in [6, 6.07) is 15.6. The first-order valence-corrected chi connectivity index (χ1v) is 10.5. The van der Waals surface area contributed by atoms with E-state index in [9.17, 15) is 4.79 Å². The van der Waals surface area contributed by atoms with Crippen LogP contribution in [0.25, 0.3) is 5.69 Å². The van der Waals surface area contributed by atoms with Gasteiger partial charge in [0.2, 0.25) is 5.91 Å². The minimum absolute atomic E-state index is 0.0691. The summed E-state index contributed by atoms with van der Waals surface area (Å²) in [6.45, 7) is 6.18. The van der Waals surface area contributed by atoms with Crippen molar-refractivity contribution >= 4 is 23.4 Å². The third-order valence-electron chi connectivity index (χ3n) is 4.87. The SMILES string of the molecule is CCC(C)c1ccccc1NC(=O)C(C)Sc1nncn1-c1ccccc1OC. The Hall–Kier alpha value is -2.80. The first-order valence-electron chi connectivity index (χ1n) is 9.65. The zero-order chi connectivity index (χ0) is 20.8. The van der Waals surface area contributed by atoms with Crippen LogP contribution in [0.15, 0.2) is 60.0 Å². The van der Waals surface area contributed by atoms with E-state index in [2.05, 4.69) is 35.4 Å². The highest BCUT2D eigenvalue weighted by Crippen LogP contribution is 2.30. The Morgan fingerprint density at radius 3 is 2.66 bits per heavy atom. The largest absolute Gasteiger partial charge is 0.495 e. The number of para-hydroxylation sites is 3. The monoisotopic (exact) mass is 410 g/mol. The van der Waals surface area contributed by atoms with Crippen LogP contribution in [0.5, 0.6) is 5.75 Å². The first-order chi connectivity index (χ1) is 14.0. The lowest BCUT2D eigenvalue weighted by atomic mass is 9.97. The van der Waals surface area contributed by atoms with Gasteiger partial charge in [0, 0.05) is 5.69 Å². The molecule has 0 saturated carbocycles. The van der Waals surface area contributed by atoms with E-state index in [1.807, 2.05) is 54.0 Å². The normalized spacial score (nSPS) is 13.0. The van der Waals surface area contributed by atoms with Crippen molar-refractivity contribution < 1.29 is 9.53 Å². The van der Waals surface area contributed by atoms with Crippen molar-refractivity contribution in [1.82, 2.24) is 14.8 Å². The number of benzene rings is 2. The maximum atomic E-state index is 12.9. The van der Waals surface area contributed by atoms with E-state index < -0.39 is 0 Å². The molecule has 3 aromatic rings. The van der Waals surface area contributed by atoms with Gasteiger partial charge in [-0.2, -0.15) is 0 Å². The molecule has 2 atom stereocenters. The summed E-state index contributed by atoms with van der Waals surface area (Å²) in [5.41, 5.74) is 2.85. The lowest BCUT2D eigenvalue weighted by Gasteiger charge is -2.18. The quantitative estimate of drug-likeness (QED) is 0.535. The summed E-state index contributed by atoms with van der Waals surface area (Å²) in [6.07, 6.45) is 2.64. The second-order valence-electron chi connectivity index (χ2n) is 6.80. The summed E-state index contributed by atoms with van der Waals surface area (Å²) < 4.78 is 7.27. The molecule has 1 aromatic heterocycles. The molecule has 3 rings (SSSR count). The molecule has 1 N–H and O–H groups in total. The van der Waals surface area contributed by atoms with Gasteiger partial charge in [-0.05, 0) is 43.0 Å². The highest BCUT2D eigenvalue weighted by atomic mass is 32.2. The number of methoxy groups -OCH3 is 1. The van der Waals surface area contributed by atoms with Gasteiger partial charge in [0.05, 0.1) is 18.0 Å². The highest BCUT2D eigenvalue weighted by Gasteiger charge is 2.21. The van der Waals surface area contributed by atoms with Gasteiger partial charge in [-0.15, -0.1) is 10.2 Å². The molecular weight excluding hydrogens is 384 g/mol. The van der Waals surface area contributed by atoms with Crippen molar-refractivity contribution in [1.29, 1.82) is 0 Å². The standard InChI is InChI=1S/C22H26N4O2S/c1-5-15(2)17-10-6-7-11-18(17)24-21(27)16(3)29-22-25-23-14-26(22)19-12-8-9-13-20(19)28-4/h6-16H,5H2,1-4H3,(H,24,27). The van der Waals surface area contributed by atoms with E-state index in [0.717, 1.165) is 23.4 Å². The van der Waals surface area contributed by atoms with Gasteiger partial charge >= 0.3 is 0 Å². The molecule has 0 aliphatic carbocycles. The number of carbonyl (C=O) groups is 1. The van der Waals surface area contributed by atoms with Crippen LogP contribution in [0.3, 0.4) is 0 Å². The number of hydrogen-bond donors (Lipinski definition) is 1. The third-order valence-corrected chi connectivity index (χ3v) is 5.93. The van der Waals surface area contributed by atoms with Crippen LogP contribution < -0.4 is 10.1 Å². The molecule has 6 nitrogen and oxygen atoms in total. The molecule has 152 valence electrons. The van der Waals surface area contributed by atoms with Gasteiger partial charge in [0.1, 0.15) is 12.1 Å². The van der Waals surface area contributed by atoms with Gasteiger partial charge in [-0.25, -0.2) is 0 Å². The summed E-state index contributed by atoms with van der Waals surface area (Å²) >= 11 is 1.36. The van der Waals surface area contributed by atoms with Crippen LogP contribution >= 0.6 is 11.8 Å². The fourth-order valence-corrected chi connectivity index (χ4v) is 3.84. The number of amides is 1. The van der Waals surface area contributed by atoms with Crippen molar-refractivity contribution in [2.75, 3.05) is 12.4 Å². The molecule has 0 aliphatic heterocycles. The molecule has 7 heteroatoms. The lowest BCUT2D eigenvalue weighted by molar-refractivity contribution is -0.115. The molecular formula is C22H26N4O2S. The molecule has 1 amide bonds. The highest BCUT2D eigenvalue weighted by molar-refractivity contribution is 8.00. The number of ether oxygens (including phenoxy) is 1. The number of anilines is 1. The predicted octanol–water partition coefficient (Wildman–Crippen LogP) is 4.91. The van der Waals surface area contributed by atoms with Crippen molar-refractivity contribution in [3.8, 4) is 11.4 Å². The van der Waals surface area contributed by atoms with E-state index in [4.69, 9.17) is 4.74 Å². The Morgan fingerprint density at radius 1 is 1.17 bits per heavy atom. The number of hydrogen-bond acceptors (Lipinski definition) is 5. The zero-order valence-corrected chi connectivity index (χ0v) is 17.9. The predicted molar refractivity (Wildman–Crippen MR) is 117 cm³/mol. The van der Waals surface area contributed by atoms with Crippen molar-refractivity contribution in [3.63, 3.8) is 0 Å². The third kappa shape index (κ3) is 4.79. The molecule has 0 radical (unpaired) electrons. The minimum atomic E-state index is -0.349. The second-order valence-corrected chi connectivity index (χ2v) is 8.11. The van der Waals surface area contributed by atoms with E-state index in [-0.39, 0.29) is 11.2 Å². The summed E-state index contributed by atoms with van der Waals surface area (Å²) in [5, 5.41) is 11.6. The maximum Gasteiger partial charge on any atom is 0.237 e. The van der Waals surface area contributed by atoms with E-state index in [1.54, 1.807) is 13.4 Å². The molecule has 0 saturated heterocycles. The molecule has 0 bridgehead atoms. The van der Waals surface area contributed by atoms with Crippen LogP contribution in [0.1, 0.15) is 38.7 Å². The van der Waals surface area contributed by atoms with Crippen LogP contribution in [-0.4, -0.2) is 33.0 Å². The van der Waals surface area contributed by atoms with Crippen molar-refractivity contribution in [2.24, 2.45) is 0 Å². The Balaban J connectivity index is 1.76. The van der Waals surface area contributed by atoms with E-state index >= 15 is 0 Å².